The third kappa shape index (κ3) is 5.10. The van der Waals surface area contributed by atoms with E-state index in [-0.39, 0.29) is 6.54 Å². The maximum atomic E-state index is 13.0. The fourth-order valence-corrected chi connectivity index (χ4v) is 4.06. The highest BCUT2D eigenvalue weighted by Crippen LogP contribution is 2.45. The Morgan fingerprint density at radius 1 is 1.14 bits per heavy atom. The summed E-state index contributed by atoms with van der Waals surface area (Å²) < 4.78 is 45.8. The minimum Gasteiger partial charge on any atom is -0.480 e. The van der Waals surface area contributed by atoms with Gasteiger partial charge < -0.3 is 15.8 Å². The number of hydrogen-bond acceptors (Lipinski definition) is 8. The highest BCUT2D eigenvalue weighted by Gasteiger charge is 2.34. The molecule has 1 aliphatic rings. The number of halogens is 3. The van der Waals surface area contributed by atoms with Crippen LogP contribution in [0.4, 0.5) is 19.0 Å². The molecule has 1 saturated carbocycles. The Bertz CT molecular complexity index is 1410. The van der Waals surface area contributed by atoms with Crippen LogP contribution in [-0.4, -0.2) is 36.8 Å². The van der Waals surface area contributed by atoms with Crippen molar-refractivity contribution in [2.75, 3.05) is 12.4 Å². The van der Waals surface area contributed by atoms with Crippen molar-refractivity contribution in [1.29, 1.82) is 0 Å². The molecule has 0 spiro atoms. The van der Waals surface area contributed by atoms with Gasteiger partial charge in [0.05, 0.1) is 18.5 Å². The van der Waals surface area contributed by atoms with Crippen molar-refractivity contribution < 1.29 is 17.9 Å². The topological polar surface area (TPSA) is 117 Å². The molecule has 9 nitrogen and oxygen atoms in total. The van der Waals surface area contributed by atoms with Gasteiger partial charge in [-0.2, -0.15) is 18.3 Å². The Labute approximate surface area is 211 Å². The molecule has 0 amide bonds. The molecule has 1 aliphatic carbocycles. The van der Waals surface area contributed by atoms with E-state index in [1.165, 1.54) is 11.0 Å². The largest absolute Gasteiger partial charge is 0.480 e. The van der Waals surface area contributed by atoms with Gasteiger partial charge in [-0.05, 0) is 43.5 Å². The number of anilines is 1. The molecule has 0 atom stereocenters. The first-order chi connectivity index (χ1) is 17.8. The van der Waals surface area contributed by atoms with Gasteiger partial charge in [-0.1, -0.05) is 12.1 Å². The van der Waals surface area contributed by atoms with Gasteiger partial charge in [0.15, 0.2) is 11.5 Å². The summed E-state index contributed by atoms with van der Waals surface area (Å²) in [6.07, 6.45) is 0.763. The average Bonchev–Trinajstić information content (AvgIpc) is 3.67. The van der Waals surface area contributed by atoms with E-state index in [4.69, 9.17) is 15.5 Å². The summed E-state index contributed by atoms with van der Waals surface area (Å²) in [4.78, 5) is 17.9. The van der Waals surface area contributed by atoms with Crippen molar-refractivity contribution in [3.8, 4) is 23.0 Å². The third-order valence-electron chi connectivity index (χ3n) is 6.13. The molecule has 1 aromatic carbocycles. The molecule has 3 heterocycles. The first-order valence-electron chi connectivity index (χ1n) is 11.7. The number of alkyl halides is 3. The number of rotatable bonds is 8. The maximum Gasteiger partial charge on any atom is 0.435 e. The lowest BCUT2D eigenvalue weighted by Crippen LogP contribution is -2.11. The lowest BCUT2D eigenvalue weighted by Gasteiger charge is -2.14. The van der Waals surface area contributed by atoms with Gasteiger partial charge in [0.25, 0.3) is 0 Å². The number of hydrogen-bond donors (Lipinski definition) is 2. The molecule has 192 valence electrons. The Morgan fingerprint density at radius 3 is 2.51 bits per heavy atom. The molecular formula is C25H25F3N8O. The predicted octanol–water partition coefficient (Wildman–Crippen LogP) is 4.40. The van der Waals surface area contributed by atoms with Crippen molar-refractivity contribution >= 4 is 5.82 Å². The Hall–Kier alpha value is -4.06. The van der Waals surface area contributed by atoms with Gasteiger partial charge in [0, 0.05) is 36.5 Å². The van der Waals surface area contributed by atoms with Gasteiger partial charge in [0.1, 0.15) is 17.7 Å². The molecule has 3 aromatic heterocycles. The van der Waals surface area contributed by atoms with Crippen LogP contribution < -0.4 is 15.8 Å². The number of aromatic nitrogens is 6. The average molecular weight is 511 g/mol. The molecule has 3 N–H and O–H groups in total. The maximum absolute atomic E-state index is 13.0. The van der Waals surface area contributed by atoms with E-state index in [9.17, 15) is 13.2 Å². The number of nitrogens with two attached hydrogens (primary N) is 1. The molecular weight excluding hydrogens is 485 g/mol. The van der Waals surface area contributed by atoms with Crippen LogP contribution in [0, 0.1) is 6.92 Å². The number of nitrogens with zero attached hydrogens (tertiary/aromatic N) is 6. The third-order valence-corrected chi connectivity index (χ3v) is 6.13. The summed E-state index contributed by atoms with van der Waals surface area (Å²) in [6.45, 7) is 2.23. The lowest BCUT2D eigenvalue weighted by molar-refractivity contribution is -0.141. The molecule has 5 rings (SSSR count). The van der Waals surface area contributed by atoms with Crippen LogP contribution in [0.2, 0.25) is 0 Å². The van der Waals surface area contributed by atoms with E-state index in [0.717, 1.165) is 35.7 Å². The summed E-state index contributed by atoms with van der Waals surface area (Å²) in [6, 6.07) is 8.11. The summed E-state index contributed by atoms with van der Waals surface area (Å²) >= 11 is 0. The summed E-state index contributed by atoms with van der Waals surface area (Å²) in [5.74, 6) is 1.78. The molecule has 0 unspecified atom stereocenters. The van der Waals surface area contributed by atoms with E-state index in [0.29, 0.717) is 46.9 Å². The Balaban J connectivity index is 1.38. The zero-order chi connectivity index (χ0) is 26.2. The van der Waals surface area contributed by atoms with E-state index >= 15 is 0 Å². The number of aryl methyl sites for hydroxylation is 1. The lowest BCUT2D eigenvalue weighted by atomic mass is 10.1. The number of nitrogens with one attached hydrogen (secondary N) is 1. The van der Waals surface area contributed by atoms with Gasteiger partial charge in [-0.3, -0.25) is 0 Å². The van der Waals surface area contributed by atoms with Crippen molar-refractivity contribution in [1.82, 2.24) is 29.7 Å². The Morgan fingerprint density at radius 2 is 1.89 bits per heavy atom. The minimum absolute atomic E-state index is 0.236. The molecule has 12 heteroatoms. The van der Waals surface area contributed by atoms with Crippen LogP contribution in [0.25, 0.3) is 17.1 Å². The molecule has 37 heavy (non-hydrogen) atoms. The van der Waals surface area contributed by atoms with Crippen LogP contribution in [0.5, 0.6) is 5.88 Å². The first kappa shape index (κ1) is 24.6. The van der Waals surface area contributed by atoms with Gasteiger partial charge in [-0.25, -0.2) is 24.6 Å². The second-order valence-corrected chi connectivity index (χ2v) is 8.79. The van der Waals surface area contributed by atoms with Crippen molar-refractivity contribution in [3.63, 3.8) is 0 Å². The standard InChI is InChI=1S/C25H25F3N8O/c1-14-9-19(25(26,27)28)35-36(14)18-7-3-15(4-8-18)11-30-22-17(10-29)12-31-23(34-22)20-21(16-5-6-16)32-13-33-24(20)37-2/h3-4,7-9,12-13,16H,5-6,10-11,29H2,1-2H3,(H,30,31,34). The van der Waals surface area contributed by atoms with Crippen LogP contribution in [0.15, 0.2) is 42.9 Å². The zero-order valence-electron chi connectivity index (χ0n) is 20.3. The van der Waals surface area contributed by atoms with Crippen LogP contribution in [0.1, 0.15) is 47.0 Å². The van der Waals surface area contributed by atoms with Crippen molar-refractivity contribution in [2.45, 2.75) is 44.9 Å². The molecule has 0 saturated heterocycles. The monoisotopic (exact) mass is 510 g/mol. The molecule has 1 fully saturated rings. The van der Waals surface area contributed by atoms with Gasteiger partial charge in [-0.15, -0.1) is 0 Å². The van der Waals surface area contributed by atoms with E-state index < -0.39 is 11.9 Å². The SMILES string of the molecule is COc1ncnc(C2CC2)c1-c1ncc(CN)c(NCc2ccc(-n3nc(C(F)(F)F)cc3C)cc2)n1. The summed E-state index contributed by atoms with van der Waals surface area (Å²) in [5, 5.41) is 7.00. The number of ether oxygens (including phenoxy) is 1. The minimum atomic E-state index is -4.49. The summed E-state index contributed by atoms with van der Waals surface area (Å²) in [5.41, 5.74) is 9.11. The molecule has 0 aliphatic heterocycles. The predicted molar refractivity (Wildman–Crippen MR) is 130 cm³/mol. The normalized spacial score (nSPS) is 13.6. The fourth-order valence-electron chi connectivity index (χ4n) is 4.06. The zero-order valence-corrected chi connectivity index (χ0v) is 20.3. The van der Waals surface area contributed by atoms with Crippen LogP contribution in [-0.2, 0) is 19.3 Å². The fraction of sp³-hybridized carbons (Fsp3) is 0.320. The molecule has 4 aromatic rings. The summed E-state index contributed by atoms with van der Waals surface area (Å²) in [7, 11) is 1.55. The molecule has 0 bridgehead atoms. The van der Waals surface area contributed by atoms with E-state index in [1.807, 2.05) is 12.1 Å². The highest BCUT2D eigenvalue weighted by atomic mass is 19.4. The van der Waals surface area contributed by atoms with E-state index in [1.54, 1.807) is 32.4 Å². The van der Waals surface area contributed by atoms with Crippen molar-refractivity contribution in [3.05, 3.63) is 71.1 Å². The second kappa shape index (κ2) is 9.77. The van der Waals surface area contributed by atoms with Crippen molar-refractivity contribution in [2.24, 2.45) is 5.73 Å². The number of benzene rings is 1. The highest BCUT2D eigenvalue weighted by molar-refractivity contribution is 5.67. The second-order valence-electron chi connectivity index (χ2n) is 8.79. The smallest absolute Gasteiger partial charge is 0.435 e. The molecule has 0 radical (unpaired) electrons. The quantitative estimate of drug-likeness (QED) is 0.358. The van der Waals surface area contributed by atoms with Crippen LogP contribution in [0.3, 0.4) is 0 Å². The van der Waals surface area contributed by atoms with Gasteiger partial charge >= 0.3 is 6.18 Å². The van der Waals surface area contributed by atoms with Gasteiger partial charge in [0.2, 0.25) is 5.88 Å². The van der Waals surface area contributed by atoms with E-state index in [2.05, 4.69) is 25.4 Å². The first-order valence-corrected chi connectivity index (χ1v) is 11.7. The Kier molecular flexibility index (Phi) is 6.50. The number of methoxy groups -OCH3 is 1. The van der Waals surface area contributed by atoms with Crippen LogP contribution >= 0.6 is 0 Å².